The third kappa shape index (κ3) is 4.01. The highest BCUT2D eigenvalue weighted by Gasteiger charge is 2.08. The Balaban J connectivity index is 2.15. The molecule has 0 fully saturated rings. The highest BCUT2D eigenvalue weighted by Crippen LogP contribution is 2.20. The van der Waals surface area contributed by atoms with Crippen LogP contribution in [0.25, 0.3) is 0 Å². The average molecular weight is 291 g/mol. The average Bonchev–Trinajstić information content (AvgIpc) is 2.46. The molecule has 0 amide bonds. The van der Waals surface area contributed by atoms with E-state index >= 15 is 0 Å². The third-order valence-corrected chi connectivity index (χ3v) is 2.66. The molecule has 2 aromatic rings. The molecule has 0 aliphatic carbocycles. The largest absolute Gasteiger partial charge is 0.486 e. The Hall–Kier alpha value is -2.45. The predicted molar refractivity (Wildman–Crippen MR) is 73.0 cm³/mol. The molecular weight excluding hydrogens is 279 g/mol. The van der Waals surface area contributed by atoms with Crippen molar-refractivity contribution in [2.24, 2.45) is 5.73 Å². The molecule has 0 aromatic heterocycles. The molecule has 2 rings (SSSR count). The highest BCUT2D eigenvalue weighted by atomic mass is 19.1. The summed E-state index contributed by atoms with van der Waals surface area (Å²) in [6.07, 6.45) is 0. The van der Waals surface area contributed by atoms with E-state index in [9.17, 15) is 13.2 Å². The maximum Gasteiger partial charge on any atom is 0.165 e. The zero-order valence-corrected chi connectivity index (χ0v) is 11.0. The first kappa shape index (κ1) is 14.9. The van der Waals surface area contributed by atoms with E-state index in [0.29, 0.717) is 5.56 Å². The van der Waals surface area contributed by atoms with Crippen LogP contribution in [0.4, 0.5) is 13.2 Å². The smallest absolute Gasteiger partial charge is 0.165 e. The number of rotatable bonds is 3. The van der Waals surface area contributed by atoms with E-state index in [2.05, 4.69) is 11.8 Å². The first-order chi connectivity index (χ1) is 10.1. The van der Waals surface area contributed by atoms with Gasteiger partial charge in [0.1, 0.15) is 18.2 Å². The number of nitrogens with two attached hydrogens (primary N) is 1. The number of hydrogen-bond acceptors (Lipinski definition) is 2. The normalized spacial score (nSPS) is 9.90. The molecule has 0 saturated heterocycles. The van der Waals surface area contributed by atoms with E-state index in [4.69, 9.17) is 10.5 Å². The fourth-order valence-corrected chi connectivity index (χ4v) is 1.64. The van der Waals surface area contributed by atoms with E-state index < -0.39 is 17.5 Å². The molecule has 0 heterocycles. The van der Waals surface area contributed by atoms with Crippen LogP contribution in [0, 0.1) is 29.3 Å². The summed E-state index contributed by atoms with van der Waals surface area (Å²) in [6.45, 7) is -0.0227. The van der Waals surface area contributed by atoms with Gasteiger partial charge in [0.2, 0.25) is 0 Å². The van der Waals surface area contributed by atoms with E-state index in [1.54, 1.807) is 0 Å². The maximum absolute atomic E-state index is 13.6. The molecule has 21 heavy (non-hydrogen) atoms. The topological polar surface area (TPSA) is 35.2 Å². The van der Waals surface area contributed by atoms with Crippen LogP contribution in [0.5, 0.6) is 5.75 Å². The maximum atomic E-state index is 13.6. The molecule has 0 unspecified atom stereocenters. The molecule has 0 aliphatic heterocycles. The second-order valence-electron chi connectivity index (χ2n) is 4.18. The molecule has 2 nitrogen and oxygen atoms in total. The zero-order chi connectivity index (χ0) is 15.2. The molecule has 0 bridgehead atoms. The van der Waals surface area contributed by atoms with E-state index in [-0.39, 0.29) is 24.5 Å². The minimum Gasteiger partial charge on any atom is -0.486 e. The number of hydrogen-bond donors (Lipinski definition) is 1. The van der Waals surface area contributed by atoms with Crippen molar-refractivity contribution in [2.75, 3.05) is 6.54 Å². The summed E-state index contributed by atoms with van der Waals surface area (Å²) in [5.74, 6) is 3.32. The second-order valence-corrected chi connectivity index (χ2v) is 4.18. The fourth-order valence-electron chi connectivity index (χ4n) is 1.64. The van der Waals surface area contributed by atoms with Crippen LogP contribution in [0.3, 0.4) is 0 Å². The Morgan fingerprint density at radius 1 is 1.00 bits per heavy atom. The summed E-state index contributed by atoms with van der Waals surface area (Å²) in [4.78, 5) is 0. The molecule has 0 spiro atoms. The molecule has 2 N–H and O–H groups in total. The Bertz CT molecular complexity index is 704. The van der Waals surface area contributed by atoms with Gasteiger partial charge >= 0.3 is 0 Å². The van der Waals surface area contributed by atoms with Gasteiger partial charge in [0, 0.05) is 17.2 Å². The van der Waals surface area contributed by atoms with Crippen molar-refractivity contribution in [1.82, 2.24) is 0 Å². The lowest BCUT2D eigenvalue weighted by Gasteiger charge is -2.08. The van der Waals surface area contributed by atoms with Gasteiger partial charge in [-0.15, -0.1) is 0 Å². The summed E-state index contributed by atoms with van der Waals surface area (Å²) < 4.78 is 45.1. The Morgan fingerprint density at radius 3 is 2.52 bits per heavy atom. The lowest BCUT2D eigenvalue weighted by Crippen LogP contribution is -2.01. The molecule has 5 heteroatoms. The summed E-state index contributed by atoms with van der Waals surface area (Å²) >= 11 is 0. The van der Waals surface area contributed by atoms with Gasteiger partial charge in [-0.1, -0.05) is 11.8 Å². The van der Waals surface area contributed by atoms with Gasteiger partial charge < -0.3 is 10.5 Å². The van der Waals surface area contributed by atoms with Crippen LogP contribution in [-0.4, -0.2) is 6.54 Å². The summed E-state index contributed by atoms with van der Waals surface area (Å²) in [6, 6.07) is 7.21. The number of halogens is 3. The minimum absolute atomic E-state index is 0.0532. The Morgan fingerprint density at radius 2 is 1.81 bits per heavy atom. The Labute approximate surface area is 120 Å². The van der Waals surface area contributed by atoms with Crippen molar-refractivity contribution >= 4 is 0 Å². The number of benzene rings is 2. The summed E-state index contributed by atoms with van der Waals surface area (Å²) in [5.41, 5.74) is 5.93. The molecule has 0 saturated carbocycles. The molecule has 108 valence electrons. The van der Waals surface area contributed by atoms with Gasteiger partial charge in [-0.25, -0.2) is 13.2 Å². The van der Waals surface area contributed by atoms with E-state index in [1.165, 1.54) is 24.3 Å². The SMILES string of the molecule is NCC#Cc1ccc(F)c(OCc2ccc(F)cc2F)c1. The van der Waals surface area contributed by atoms with Crippen LogP contribution < -0.4 is 10.5 Å². The second kappa shape index (κ2) is 6.82. The van der Waals surface area contributed by atoms with E-state index in [1.807, 2.05) is 0 Å². The van der Waals surface area contributed by atoms with Gasteiger partial charge in [0.15, 0.2) is 11.6 Å². The first-order valence-electron chi connectivity index (χ1n) is 6.15. The number of ether oxygens (including phenoxy) is 1. The van der Waals surface area contributed by atoms with Crippen molar-refractivity contribution < 1.29 is 17.9 Å². The molecule has 0 radical (unpaired) electrons. The van der Waals surface area contributed by atoms with Crippen molar-refractivity contribution in [3.8, 4) is 17.6 Å². The molecule has 2 aromatic carbocycles. The van der Waals surface area contributed by atoms with Gasteiger partial charge in [-0.3, -0.25) is 0 Å². The van der Waals surface area contributed by atoms with Crippen molar-refractivity contribution in [1.29, 1.82) is 0 Å². The van der Waals surface area contributed by atoms with Gasteiger partial charge in [0.05, 0.1) is 6.54 Å². The summed E-state index contributed by atoms with van der Waals surface area (Å²) in [7, 11) is 0. The molecule has 0 aliphatic rings. The molecule has 0 atom stereocenters. The Kier molecular flexibility index (Phi) is 4.85. The summed E-state index contributed by atoms with van der Waals surface area (Å²) in [5, 5.41) is 0. The van der Waals surface area contributed by atoms with Gasteiger partial charge in [-0.05, 0) is 30.3 Å². The third-order valence-electron chi connectivity index (χ3n) is 2.66. The van der Waals surface area contributed by atoms with Crippen molar-refractivity contribution in [3.63, 3.8) is 0 Å². The van der Waals surface area contributed by atoms with Gasteiger partial charge in [-0.2, -0.15) is 0 Å². The van der Waals surface area contributed by atoms with Crippen LogP contribution in [0.2, 0.25) is 0 Å². The van der Waals surface area contributed by atoms with Gasteiger partial charge in [0.25, 0.3) is 0 Å². The first-order valence-corrected chi connectivity index (χ1v) is 6.15. The van der Waals surface area contributed by atoms with Crippen molar-refractivity contribution in [2.45, 2.75) is 6.61 Å². The zero-order valence-electron chi connectivity index (χ0n) is 11.0. The fraction of sp³-hybridized carbons (Fsp3) is 0.125. The van der Waals surface area contributed by atoms with Crippen LogP contribution >= 0.6 is 0 Å². The minimum atomic E-state index is -0.741. The molecular formula is C16H12F3NO. The highest BCUT2D eigenvalue weighted by molar-refractivity contribution is 5.41. The standard InChI is InChI=1S/C16H12F3NO/c17-13-5-4-12(15(19)9-13)10-21-16-8-11(2-1-7-20)3-6-14(16)18/h3-6,8-9H,7,10,20H2. The monoisotopic (exact) mass is 291 g/mol. The quantitative estimate of drug-likeness (QED) is 0.882. The van der Waals surface area contributed by atoms with Crippen molar-refractivity contribution in [3.05, 3.63) is 65.0 Å². The lowest BCUT2D eigenvalue weighted by atomic mass is 10.2. The van der Waals surface area contributed by atoms with Crippen LogP contribution in [0.1, 0.15) is 11.1 Å². The lowest BCUT2D eigenvalue weighted by molar-refractivity contribution is 0.284. The van der Waals surface area contributed by atoms with Crippen LogP contribution in [0.15, 0.2) is 36.4 Å². The van der Waals surface area contributed by atoms with E-state index in [0.717, 1.165) is 12.1 Å². The van der Waals surface area contributed by atoms with Crippen LogP contribution in [-0.2, 0) is 6.61 Å². The predicted octanol–water partition coefficient (Wildman–Crippen LogP) is 2.99.